The number of aromatic carboxylic acids is 1. The predicted molar refractivity (Wildman–Crippen MR) is 40.1 cm³/mol. The quantitative estimate of drug-likeness (QED) is 0.762. The Morgan fingerprint density at radius 1 is 1.47 bits per heavy atom. The van der Waals surface area contributed by atoms with Crippen molar-refractivity contribution in [3.63, 3.8) is 0 Å². The van der Waals surface area contributed by atoms with Crippen molar-refractivity contribution in [2.45, 2.75) is 19.0 Å². The van der Waals surface area contributed by atoms with Gasteiger partial charge < -0.3 is 5.11 Å². The van der Waals surface area contributed by atoms with Gasteiger partial charge in [-0.1, -0.05) is 0 Å². The Kier molecular flexibility index (Phi) is 3.28. The topological polar surface area (TPSA) is 66.0 Å². The van der Waals surface area contributed by atoms with Gasteiger partial charge in [0.25, 0.3) is 6.43 Å². The van der Waals surface area contributed by atoms with Crippen LogP contribution in [0.25, 0.3) is 0 Å². The van der Waals surface area contributed by atoms with Crippen LogP contribution in [0.2, 0.25) is 0 Å². The molecule has 0 aliphatic heterocycles. The minimum absolute atomic E-state index is 0.583. The molecule has 8 heteroatoms. The Labute approximate surface area is 80.9 Å². The first-order valence-corrected chi connectivity index (χ1v) is 3.81. The second-order valence-electron chi connectivity index (χ2n) is 2.72. The second-order valence-corrected chi connectivity index (χ2v) is 2.72. The summed E-state index contributed by atoms with van der Waals surface area (Å²) in [5.74, 6) is -2.96. The molecule has 0 radical (unpaired) electrons. The number of nitrogens with one attached hydrogen (secondary N) is 1. The lowest BCUT2D eigenvalue weighted by Crippen LogP contribution is -2.16. The highest BCUT2D eigenvalue weighted by Gasteiger charge is 2.25. The van der Waals surface area contributed by atoms with Crippen molar-refractivity contribution in [2.24, 2.45) is 0 Å². The maximum absolute atomic E-state index is 13.0. The molecule has 0 spiro atoms. The number of rotatable bonds is 4. The molecule has 1 rings (SSSR count). The molecule has 0 fully saturated rings. The molecule has 1 aromatic rings. The number of hydrogen-bond acceptors (Lipinski definition) is 2. The molecule has 0 aromatic carbocycles. The minimum Gasteiger partial charge on any atom is -0.476 e. The zero-order valence-corrected chi connectivity index (χ0v) is 7.18. The van der Waals surface area contributed by atoms with Crippen LogP contribution in [0.3, 0.4) is 0 Å². The Hall–Kier alpha value is -1.60. The summed E-state index contributed by atoms with van der Waals surface area (Å²) in [7, 11) is 0. The molecule has 0 aliphatic rings. The van der Waals surface area contributed by atoms with Crippen LogP contribution >= 0.6 is 0 Å². The van der Waals surface area contributed by atoms with Gasteiger partial charge >= 0.3 is 5.97 Å². The first kappa shape index (κ1) is 11.5. The molecule has 1 aromatic heterocycles. The molecule has 0 saturated carbocycles. The number of carboxylic acid groups (broad SMARTS) is 1. The van der Waals surface area contributed by atoms with Crippen LogP contribution < -0.4 is 0 Å². The van der Waals surface area contributed by atoms with Crippen LogP contribution in [0.5, 0.6) is 0 Å². The SMILES string of the molecule is O=C(O)c1n[nH]c(CC(F)C(F)F)c1F. The normalized spacial score (nSPS) is 13.1. The minimum atomic E-state index is -3.25. The first-order valence-electron chi connectivity index (χ1n) is 3.81. The molecule has 0 bridgehead atoms. The van der Waals surface area contributed by atoms with Gasteiger partial charge in [0, 0.05) is 6.42 Å². The van der Waals surface area contributed by atoms with E-state index in [9.17, 15) is 22.4 Å². The lowest BCUT2D eigenvalue weighted by atomic mass is 10.2. The highest BCUT2D eigenvalue weighted by Crippen LogP contribution is 2.15. The van der Waals surface area contributed by atoms with E-state index in [2.05, 4.69) is 5.10 Å². The van der Waals surface area contributed by atoms with Gasteiger partial charge in [0.2, 0.25) is 5.69 Å². The summed E-state index contributed by atoms with van der Waals surface area (Å²) in [5.41, 5.74) is -1.52. The van der Waals surface area contributed by atoms with Crippen molar-refractivity contribution in [2.75, 3.05) is 0 Å². The molecule has 0 saturated heterocycles. The first-order chi connectivity index (χ1) is 6.93. The molecule has 1 unspecified atom stereocenters. The number of alkyl halides is 3. The number of halogens is 4. The summed E-state index contributed by atoms with van der Waals surface area (Å²) >= 11 is 0. The average Bonchev–Trinajstić information content (AvgIpc) is 2.48. The number of carboxylic acids is 1. The van der Waals surface area contributed by atoms with Crippen LogP contribution in [0.1, 0.15) is 16.2 Å². The van der Waals surface area contributed by atoms with E-state index < -0.39 is 42.2 Å². The summed E-state index contributed by atoms with van der Waals surface area (Å²) in [6.07, 6.45) is -6.74. The number of H-pyrrole nitrogens is 1. The fourth-order valence-corrected chi connectivity index (χ4v) is 0.926. The summed E-state index contributed by atoms with van der Waals surface area (Å²) in [6, 6.07) is 0. The zero-order valence-electron chi connectivity index (χ0n) is 7.18. The van der Waals surface area contributed by atoms with Gasteiger partial charge in [-0.25, -0.2) is 22.4 Å². The second kappa shape index (κ2) is 4.28. The predicted octanol–water partition coefficient (Wildman–Crippen LogP) is 1.39. The van der Waals surface area contributed by atoms with Gasteiger partial charge in [-0.3, -0.25) is 5.10 Å². The lowest BCUT2D eigenvalue weighted by Gasteiger charge is -2.03. The molecule has 2 N–H and O–H groups in total. The van der Waals surface area contributed by atoms with Crippen LogP contribution in [-0.2, 0) is 6.42 Å². The van der Waals surface area contributed by atoms with Gasteiger partial charge in [-0.15, -0.1) is 0 Å². The summed E-state index contributed by atoms with van der Waals surface area (Å²) in [6.45, 7) is 0. The number of aromatic nitrogens is 2. The molecular weight excluding hydrogens is 220 g/mol. The van der Waals surface area contributed by atoms with Crippen molar-refractivity contribution in [3.05, 3.63) is 17.2 Å². The third-order valence-corrected chi connectivity index (χ3v) is 1.65. The van der Waals surface area contributed by atoms with Crippen molar-refractivity contribution in [1.82, 2.24) is 10.2 Å². The summed E-state index contributed by atoms with van der Waals surface area (Å²) in [5, 5.41) is 13.2. The molecular formula is C7H6F4N2O2. The van der Waals surface area contributed by atoms with E-state index in [4.69, 9.17) is 5.11 Å². The van der Waals surface area contributed by atoms with Crippen molar-refractivity contribution in [3.8, 4) is 0 Å². The van der Waals surface area contributed by atoms with Gasteiger partial charge in [-0.05, 0) is 0 Å². The standard InChI is InChI=1S/C7H6F4N2O2/c8-2(6(10)11)1-3-4(9)5(7(14)15)13-12-3/h2,6H,1H2,(H,12,13)(H,14,15). The average molecular weight is 226 g/mol. The number of aromatic amines is 1. The van der Waals surface area contributed by atoms with Gasteiger partial charge in [0.05, 0.1) is 5.69 Å². The van der Waals surface area contributed by atoms with Crippen LogP contribution in [0, 0.1) is 5.82 Å². The third kappa shape index (κ3) is 2.45. The maximum atomic E-state index is 13.0. The molecule has 1 heterocycles. The van der Waals surface area contributed by atoms with E-state index in [-0.39, 0.29) is 0 Å². The Bertz CT molecular complexity index is 366. The lowest BCUT2D eigenvalue weighted by molar-refractivity contribution is 0.0494. The van der Waals surface area contributed by atoms with Crippen LogP contribution in [0.15, 0.2) is 0 Å². The van der Waals surface area contributed by atoms with Crippen molar-refractivity contribution >= 4 is 5.97 Å². The third-order valence-electron chi connectivity index (χ3n) is 1.65. The highest BCUT2D eigenvalue weighted by molar-refractivity contribution is 5.85. The fourth-order valence-electron chi connectivity index (χ4n) is 0.926. The molecule has 0 aliphatic carbocycles. The molecule has 0 amide bonds. The van der Waals surface area contributed by atoms with E-state index in [0.29, 0.717) is 0 Å². The van der Waals surface area contributed by atoms with Crippen LogP contribution in [-0.4, -0.2) is 33.9 Å². The Morgan fingerprint density at radius 2 is 2.07 bits per heavy atom. The van der Waals surface area contributed by atoms with E-state index in [0.717, 1.165) is 0 Å². The van der Waals surface area contributed by atoms with Crippen LogP contribution in [0.4, 0.5) is 17.6 Å². The van der Waals surface area contributed by atoms with Gasteiger partial charge in [0.1, 0.15) is 0 Å². The number of nitrogens with zero attached hydrogens (tertiary/aromatic N) is 1. The largest absolute Gasteiger partial charge is 0.476 e. The molecule has 1 atom stereocenters. The number of carbonyl (C=O) groups is 1. The highest BCUT2D eigenvalue weighted by atomic mass is 19.3. The van der Waals surface area contributed by atoms with E-state index in [1.807, 2.05) is 5.10 Å². The maximum Gasteiger partial charge on any atom is 0.359 e. The molecule has 15 heavy (non-hydrogen) atoms. The fraction of sp³-hybridized carbons (Fsp3) is 0.429. The van der Waals surface area contributed by atoms with E-state index in [1.54, 1.807) is 0 Å². The summed E-state index contributed by atoms with van der Waals surface area (Å²) < 4.78 is 49.0. The van der Waals surface area contributed by atoms with Crippen molar-refractivity contribution < 1.29 is 27.5 Å². The Morgan fingerprint density at radius 3 is 2.47 bits per heavy atom. The Balaban J connectivity index is 2.83. The summed E-state index contributed by atoms with van der Waals surface area (Å²) in [4.78, 5) is 10.3. The molecule has 4 nitrogen and oxygen atoms in total. The monoisotopic (exact) mass is 226 g/mol. The van der Waals surface area contributed by atoms with E-state index in [1.165, 1.54) is 0 Å². The number of hydrogen-bond donors (Lipinski definition) is 2. The zero-order chi connectivity index (χ0) is 11.6. The molecule has 84 valence electrons. The van der Waals surface area contributed by atoms with Crippen molar-refractivity contribution in [1.29, 1.82) is 0 Å². The smallest absolute Gasteiger partial charge is 0.359 e. The van der Waals surface area contributed by atoms with Gasteiger partial charge in [0.15, 0.2) is 12.0 Å². The van der Waals surface area contributed by atoms with Gasteiger partial charge in [-0.2, -0.15) is 5.10 Å². The van der Waals surface area contributed by atoms with E-state index >= 15 is 0 Å².